The van der Waals surface area contributed by atoms with Gasteiger partial charge >= 0.3 is 0 Å². The maximum Gasteiger partial charge on any atom is 0.263 e. The first-order valence-electron chi connectivity index (χ1n) is 6.50. The molecule has 0 atom stereocenters. The van der Waals surface area contributed by atoms with E-state index in [2.05, 4.69) is 39.8 Å². The summed E-state index contributed by atoms with van der Waals surface area (Å²) in [6, 6.07) is 7.97. The number of carbonyl (C=O) groups excluding carboxylic acids is 1. The van der Waals surface area contributed by atoms with Crippen molar-refractivity contribution < 1.29 is 4.79 Å². The fourth-order valence-corrected chi connectivity index (χ4v) is 1.63. The molecule has 3 N–H and O–H groups in total. The van der Waals surface area contributed by atoms with Crippen molar-refractivity contribution in [2.75, 3.05) is 5.73 Å². The second-order valence-electron chi connectivity index (χ2n) is 4.79. The Bertz CT molecular complexity index is 630. The average molecular weight is 287 g/mol. The van der Waals surface area contributed by atoms with Gasteiger partial charge in [-0.3, -0.25) is 4.79 Å². The van der Waals surface area contributed by atoms with E-state index in [0.29, 0.717) is 5.92 Å². The monoisotopic (exact) mass is 287 g/mol. The number of amides is 1. The molecule has 1 amide bonds. The molecule has 2 rings (SSSR count). The lowest BCUT2D eigenvalue weighted by Gasteiger charge is -2.04. The van der Waals surface area contributed by atoms with Gasteiger partial charge in [0, 0.05) is 0 Å². The first-order chi connectivity index (χ1) is 10.0. The van der Waals surface area contributed by atoms with Gasteiger partial charge in [0.1, 0.15) is 6.54 Å². The van der Waals surface area contributed by atoms with Gasteiger partial charge in [0.2, 0.25) is 0 Å². The summed E-state index contributed by atoms with van der Waals surface area (Å²) in [5.41, 5.74) is 9.85. The van der Waals surface area contributed by atoms with E-state index in [9.17, 15) is 4.79 Å². The number of aromatic nitrogens is 4. The van der Waals surface area contributed by atoms with E-state index in [1.165, 1.54) is 5.56 Å². The Morgan fingerprint density at radius 3 is 2.71 bits per heavy atom. The normalized spacial score (nSPS) is 11.2. The largest absolute Gasteiger partial charge is 0.365 e. The lowest BCUT2D eigenvalue weighted by molar-refractivity contribution is -0.122. The molecule has 0 unspecified atom stereocenters. The van der Waals surface area contributed by atoms with Crippen LogP contribution in [0.25, 0.3) is 0 Å². The van der Waals surface area contributed by atoms with Gasteiger partial charge in [-0.2, -0.15) is 9.90 Å². The SMILES string of the molecule is CC(C)c1ccc(/C=N/NC(=O)Cn2nnc(N)n2)cc1. The van der Waals surface area contributed by atoms with Gasteiger partial charge in [-0.1, -0.05) is 43.2 Å². The van der Waals surface area contributed by atoms with Crippen LogP contribution in [-0.4, -0.2) is 32.3 Å². The van der Waals surface area contributed by atoms with Crippen LogP contribution in [-0.2, 0) is 11.3 Å². The summed E-state index contributed by atoms with van der Waals surface area (Å²) in [5.74, 6) is 0.150. The number of anilines is 1. The minimum absolute atomic E-state index is 0.0246. The first kappa shape index (κ1) is 14.6. The zero-order valence-corrected chi connectivity index (χ0v) is 11.9. The standard InChI is InChI=1S/C13H17N7O/c1-9(2)11-5-3-10(4-6-11)7-15-16-12(21)8-20-18-13(14)17-19-20/h3-7,9H,8H2,1-2H3,(H2,14,18)(H,16,21)/b15-7+. The Hall–Kier alpha value is -2.77. The number of nitrogen functional groups attached to an aromatic ring is 1. The number of tetrazole rings is 1. The fourth-order valence-electron chi connectivity index (χ4n) is 1.63. The quantitative estimate of drug-likeness (QED) is 0.615. The highest BCUT2D eigenvalue weighted by atomic mass is 16.2. The minimum Gasteiger partial charge on any atom is -0.365 e. The Balaban J connectivity index is 1.85. The van der Waals surface area contributed by atoms with Crippen molar-refractivity contribution in [3.05, 3.63) is 35.4 Å². The smallest absolute Gasteiger partial charge is 0.263 e. The van der Waals surface area contributed by atoms with Crippen molar-refractivity contribution in [3.63, 3.8) is 0 Å². The van der Waals surface area contributed by atoms with Crippen LogP contribution in [0.4, 0.5) is 5.95 Å². The molecule has 1 aromatic carbocycles. The molecule has 0 fully saturated rings. The molecular formula is C13H17N7O. The zero-order chi connectivity index (χ0) is 15.2. The van der Waals surface area contributed by atoms with Gasteiger partial charge in [0.25, 0.3) is 11.9 Å². The van der Waals surface area contributed by atoms with E-state index in [-0.39, 0.29) is 18.4 Å². The van der Waals surface area contributed by atoms with Gasteiger partial charge in [0.15, 0.2) is 0 Å². The maximum atomic E-state index is 11.6. The number of rotatable bonds is 5. The van der Waals surface area contributed by atoms with Crippen LogP contribution >= 0.6 is 0 Å². The van der Waals surface area contributed by atoms with E-state index in [0.717, 1.165) is 10.4 Å². The van der Waals surface area contributed by atoms with Crippen LogP contribution in [0.15, 0.2) is 29.4 Å². The topological polar surface area (TPSA) is 111 Å². The van der Waals surface area contributed by atoms with E-state index < -0.39 is 0 Å². The van der Waals surface area contributed by atoms with Crippen molar-refractivity contribution in [2.45, 2.75) is 26.3 Å². The second kappa shape index (κ2) is 6.60. The molecule has 8 nitrogen and oxygen atoms in total. The highest BCUT2D eigenvalue weighted by molar-refractivity contribution is 5.82. The Morgan fingerprint density at radius 2 is 2.14 bits per heavy atom. The number of hydrogen-bond acceptors (Lipinski definition) is 6. The fraction of sp³-hybridized carbons (Fsp3) is 0.308. The summed E-state index contributed by atoms with van der Waals surface area (Å²) in [6.45, 7) is 4.18. The van der Waals surface area contributed by atoms with Crippen LogP contribution in [0, 0.1) is 0 Å². The molecule has 2 aromatic rings. The minimum atomic E-state index is -0.359. The average Bonchev–Trinajstić information content (AvgIpc) is 2.84. The molecule has 0 spiro atoms. The number of nitrogens with zero attached hydrogens (tertiary/aromatic N) is 5. The van der Waals surface area contributed by atoms with E-state index in [1.54, 1.807) is 6.21 Å². The number of hydrogen-bond donors (Lipinski definition) is 2. The molecule has 1 heterocycles. The third-order valence-corrected chi connectivity index (χ3v) is 2.76. The van der Waals surface area contributed by atoms with E-state index in [4.69, 9.17) is 5.73 Å². The molecule has 0 aliphatic carbocycles. The van der Waals surface area contributed by atoms with Crippen molar-refractivity contribution >= 4 is 18.1 Å². The summed E-state index contributed by atoms with van der Waals surface area (Å²) in [4.78, 5) is 12.7. The molecule has 0 aliphatic heterocycles. The van der Waals surface area contributed by atoms with Gasteiger partial charge in [-0.15, -0.1) is 5.10 Å². The van der Waals surface area contributed by atoms with Gasteiger partial charge in [-0.25, -0.2) is 5.43 Å². The molecule has 0 saturated heterocycles. The van der Waals surface area contributed by atoms with Crippen LogP contribution in [0.1, 0.15) is 30.9 Å². The lowest BCUT2D eigenvalue weighted by Crippen LogP contribution is -2.24. The molecule has 21 heavy (non-hydrogen) atoms. The number of nitrogens with one attached hydrogen (secondary N) is 1. The Labute approximate surface area is 122 Å². The molecule has 0 saturated carbocycles. The molecule has 8 heteroatoms. The molecule has 1 aromatic heterocycles. The van der Waals surface area contributed by atoms with E-state index >= 15 is 0 Å². The third-order valence-electron chi connectivity index (χ3n) is 2.76. The van der Waals surface area contributed by atoms with Crippen molar-refractivity contribution in [1.82, 2.24) is 25.6 Å². The molecule has 0 aliphatic rings. The number of nitrogens with two attached hydrogens (primary N) is 1. The summed E-state index contributed by atoms with van der Waals surface area (Å²) in [6.07, 6.45) is 1.57. The third kappa shape index (κ3) is 4.37. The number of benzene rings is 1. The molecule has 0 radical (unpaired) electrons. The highest BCUT2D eigenvalue weighted by Gasteiger charge is 2.04. The summed E-state index contributed by atoms with van der Waals surface area (Å²) >= 11 is 0. The predicted octanol–water partition coefficient (Wildman–Crippen LogP) is 0.529. The Morgan fingerprint density at radius 1 is 1.43 bits per heavy atom. The highest BCUT2D eigenvalue weighted by Crippen LogP contribution is 2.13. The van der Waals surface area contributed by atoms with Gasteiger partial charge in [0.05, 0.1) is 6.21 Å². The Kier molecular flexibility index (Phi) is 4.60. The summed E-state index contributed by atoms with van der Waals surface area (Å²) in [5, 5.41) is 14.6. The van der Waals surface area contributed by atoms with Crippen LogP contribution in [0.5, 0.6) is 0 Å². The maximum absolute atomic E-state index is 11.6. The van der Waals surface area contributed by atoms with Crippen LogP contribution in [0.2, 0.25) is 0 Å². The first-order valence-corrected chi connectivity index (χ1v) is 6.50. The van der Waals surface area contributed by atoms with Crippen molar-refractivity contribution in [3.8, 4) is 0 Å². The zero-order valence-electron chi connectivity index (χ0n) is 11.9. The van der Waals surface area contributed by atoms with Crippen LogP contribution < -0.4 is 11.2 Å². The van der Waals surface area contributed by atoms with Gasteiger partial charge < -0.3 is 5.73 Å². The second-order valence-corrected chi connectivity index (χ2v) is 4.79. The molecular weight excluding hydrogens is 270 g/mol. The number of hydrazone groups is 1. The lowest BCUT2D eigenvalue weighted by atomic mass is 10.0. The molecule has 0 bridgehead atoms. The predicted molar refractivity (Wildman–Crippen MR) is 78.5 cm³/mol. The van der Waals surface area contributed by atoms with Crippen molar-refractivity contribution in [1.29, 1.82) is 0 Å². The molecule has 110 valence electrons. The summed E-state index contributed by atoms with van der Waals surface area (Å²) < 4.78 is 0. The number of carbonyl (C=O) groups is 1. The summed E-state index contributed by atoms with van der Waals surface area (Å²) in [7, 11) is 0. The van der Waals surface area contributed by atoms with Crippen molar-refractivity contribution in [2.24, 2.45) is 5.10 Å². The van der Waals surface area contributed by atoms with Gasteiger partial charge in [-0.05, 0) is 22.3 Å². The van der Waals surface area contributed by atoms with Crippen LogP contribution in [0.3, 0.4) is 0 Å². The van der Waals surface area contributed by atoms with E-state index in [1.807, 2.05) is 24.3 Å².